The summed E-state index contributed by atoms with van der Waals surface area (Å²) >= 11 is 0. The standard InChI is InChI=1S/C15H31N3/c1-14(2)7-6-8-15(13-16,10-9-14)17-18-11-4-3-5-12-18/h17H,3-13,16H2,1-2H3. The maximum Gasteiger partial charge on any atom is 0.0448 e. The second-order valence-electron chi connectivity index (χ2n) is 7.16. The van der Waals surface area contributed by atoms with Crippen LogP contribution in [0.2, 0.25) is 0 Å². The first-order valence-electron chi connectivity index (χ1n) is 7.78. The van der Waals surface area contributed by atoms with Gasteiger partial charge in [0.2, 0.25) is 0 Å². The predicted molar refractivity (Wildman–Crippen MR) is 77.2 cm³/mol. The van der Waals surface area contributed by atoms with E-state index in [1.807, 2.05) is 0 Å². The molecular weight excluding hydrogens is 222 g/mol. The first-order chi connectivity index (χ1) is 8.55. The molecule has 0 spiro atoms. The van der Waals surface area contributed by atoms with Crippen molar-refractivity contribution >= 4 is 0 Å². The molecule has 1 aliphatic heterocycles. The Hall–Kier alpha value is -0.120. The van der Waals surface area contributed by atoms with E-state index in [0.717, 1.165) is 6.54 Å². The van der Waals surface area contributed by atoms with Gasteiger partial charge in [0.15, 0.2) is 0 Å². The first-order valence-corrected chi connectivity index (χ1v) is 7.78. The zero-order chi connectivity index (χ0) is 13.1. The summed E-state index contributed by atoms with van der Waals surface area (Å²) in [7, 11) is 0. The quantitative estimate of drug-likeness (QED) is 0.760. The van der Waals surface area contributed by atoms with Crippen LogP contribution in [0.4, 0.5) is 0 Å². The van der Waals surface area contributed by atoms with E-state index in [9.17, 15) is 0 Å². The molecule has 0 aromatic carbocycles. The summed E-state index contributed by atoms with van der Waals surface area (Å²) in [5.41, 5.74) is 10.6. The molecule has 18 heavy (non-hydrogen) atoms. The Morgan fingerprint density at radius 2 is 1.67 bits per heavy atom. The van der Waals surface area contributed by atoms with Crippen molar-refractivity contribution in [3.63, 3.8) is 0 Å². The Morgan fingerprint density at radius 3 is 2.33 bits per heavy atom. The predicted octanol–water partition coefficient (Wildman–Crippen LogP) is 2.66. The third-order valence-corrected chi connectivity index (χ3v) is 4.93. The van der Waals surface area contributed by atoms with Gasteiger partial charge in [0.1, 0.15) is 0 Å². The van der Waals surface area contributed by atoms with Gasteiger partial charge in [0.25, 0.3) is 0 Å². The van der Waals surface area contributed by atoms with Gasteiger partial charge in [-0.3, -0.25) is 0 Å². The first kappa shape index (κ1) is 14.3. The molecular formula is C15H31N3. The van der Waals surface area contributed by atoms with Gasteiger partial charge in [-0.2, -0.15) is 0 Å². The van der Waals surface area contributed by atoms with Gasteiger partial charge >= 0.3 is 0 Å². The van der Waals surface area contributed by atoms with Crippen molar-refractivity contribution in [2.45, 2.75) is 70.8 Å². The highest BCUT2D eigenvalue weighted by Crippen LogP contribution is 2.38. The Kier molecular flexibility index (Phi) is 4.68. The van der Waals surface area contributed by atoms with E-state index >= 15 is 0 Å². The molecule has 0 amide bonds. The normalized spacial score (nSPS) is 34.2. The van der Waals surface area contributed by atoms with Crippen molar-refractivity contribution in [1.29, 1.82) is 0 Å². The molecule has 2 aliphatic rings. The number of piperidine rings is 1. The van der Waals surface area contributed by atoms with E-state index in [1.165, 1.54) is 64.5 Å². The minimum Gasteiger partial charge on any atom is -0.329 e. The molecule has 1 saturated carbocycles. The molecule has 1 heterocycles. The van der Waals surface area contributed by atoms with E-state index in [1.54, 1.807) is 0 Å². The van der Waals surface area contributed by atoms with Crippen LogP contribution >= 0.6 is 0 Å². The van der Waals surface area contributed by atoms with Crippen LogP contribution in [0.5, 0.6) is 0 Å². The highest BCUT2D eigenvalue weighted by molar-refractivity contribution is 4.93. The lowest BCUT2D eigenvalue weighted by molar-refractivity contribution is 0.0726. The number of hydrogen-bond acceptors (Lipinski definition) is 3. The van der Waals surface area contributed by atoms with E-state index in [4.69, 9.17) is 5.73 Å². The monoisotopic (exact) mass is 253 g/mol. The van der Waals surface area contributed by atoms with Crippen LogP contribution in [0, 0.1) is 5.41 Å². The van der Waals surface area contributed by atoms with Crippen LogP contribution < -0.4 is 11.2 Å². The molecule has 0 radical (unpaired) electrons. The number of nitrogens with two attached hydrogens (primary N) is 1. The fourth-order valence-corrected chi connectivity index (χ4v) is 3.44. The van der Waals surface area contributed by atoms with Gasteiger partial charge < -0.3 is 5.73 Å². The average molecular weight is 253 g/mol. The van der Waals surface area contributed by atoms with Crippen LogP contribution in [0.1, 0.15) is 65.2 Å². The minimum atomic E-state index is 0.172. The lowest BCUT2D eigenvalue weighted by Gasteiger charge is -2.40. The van der Waals surface area contributed by atoms with Crippen molar-refractivity contribution in [3.8, 4) is 0 Å². The molecule has 2 fully saturated rings. The zero-order valence-corrected chi connectivity index (χ0v) is 12.3. The van der Waals surface area contributed by atoms with Crippen molar-refractivity contribution in [3.05, 3.63) is 0 Å². The topological polar surface area (TPSA) is 41.3 Å². The van der Waals surface area contributed by atoms with Crippen molar-refractivity contribution < 1.29 is 0 Å². The van der Waals surface area contributed by atoms with E-state index in [0.29, 0.717) is 5.41 Å². The number of nitrogens with zero attached hydrogens (tertiary/aromatic N) is 1. The second-order valence-corrected chi connectivity index (χ2v) is 7.16. The number of rotatable bonds is 3. The molecule has 1 atom stereocenters. The lowest BCUT2D eigenvalue weighted by Crippen LogP contribution is -2.59. The molecule has 1 saturated heterocycles. The van der Waals surface area contributed by atoms with Gasteiger partial charge in [-0.1, -0.05) is 26.7 Å². The molecule has 2 rings (SSSR count). The SMILES string of the molecule is CC1(C)CCCC(CN)(NN2CCCCC2)CC1. The Balaban J connectivity index is 1.96. The van der Waals surface area contributed by atoms with E-state index < -0.39 is 0 Å². The highest BCUT2D eigenvalue weighted by Gasteiger charge is 2.35. The Bertz CT molecular complexity index is 258. The summed E-state index contributed by atoms with van der Waals surface area (Å²) in [4.78, 5) is 0. The number of hydrazine groups is 1. The van der Waals surface area contributed by atoms with Gasteiger partial charge in [-0.15, -0.1) is 0 Å². The highest BCUT2D eigenvalue weighted by atomic mass is 15.5. The van der Waals surface area contributed by atoms with Crippen molar-refractivity contribution in [2.75, 3.05) is 19.6 Å². The number of hydrogen-bond donors (Lipinski definition) is 2. The molecule has 3 nitrogen and oxygen atoms in total. The van der Waals surface area contributed by atoms with Gasteiger partial charge in [0, 0.05) is 25.2 Å². The second kappa shape index (κ2) is 5.89. The Morgan fingerprint density at radius 1 is 0.944 bits per heavy atom. The summed E-state index contributed by atoms with van der Waals surface area (Å²) in [5.74, 6) is 0. The summed E-state index contributed by atoms with van der Waals surface area (Å²) < 4.78 is 0. The third-order valence-electron chi connectivity index (χ3n) is 4.93. The molecule has 1 aliphatic carbocycles. The van der Waals surface area contributed by atoms with Crippen LogP contribution in [0.15, 0.2) is 0 Å². The molecule has 0 aromatic rings. The molecule has 0 aromatic heterocycles. The third kappa shape index (κ3) is 3.69. The van der Waals surface area contributed by atoms with Gasteiger partial charge in [0.05, 0.1) is 0 Å². The zero-order valence-electron chi connectivity index (χ0n) is 12.3. The van der Waals surface area contributed by atoms with Crippen molar-refractivity contribution in [2.24, 2.45) is 11.1 Å². The summed E-state index contributed by atoms with van der Waals surface area (Å²) in [6.45, 7) is 7.98. The fraction of sp³-hybridized carbons (Fsp3) is 1.00. The molecule has 1 unspecified atom stereocenters. The Labute approximate surface area is 112 Å². The summed E-state index contributed by atoms with van der Waals surface area (Å²) in [6.07, 6.45) is 10.5. The smallest absolute Gasteiger partial charge is 0.0448 e. The number of nitrogens with one attached hydrogen (secondary N) is 1. The molecule has 3 heteroatoms. The van der Waals surface area contributed by atoms with Crippen LogP contribution in [0.3, 0.4) is 0 Å². The van der Waals surface area contributed by atoms with Crippen LogP contribution in [-0.4, -0.2) is 30.2 Å². The van der Waals surface area contributed by atoms with Gasteiger partial charge in [-0.05, 0) is 43.9 Å². The van der Waals surface area contributed by atoms with Crippen LogP contribution in [0.25, 0.3) is 0 Å². The average Bonchev–Trinajstić information content (AvgIpc) is 2.51. The maximum atomic E-state index is 6.12. The van der Waals surface area contributed by atoms with Gasteiger partial charge in [-0.25, -0.2) is 10.4 Å². The molecule has 0 bridgehead atoms. The van der Waals surface area contributed by atoms with Crippen LogP contribution in [-0.2, 0) is 0 Å². The fourth-order valence-electron chi connectivity index (χ4n) is 3.44. The maximum absolute atomic E-state index is 6.12. The molecule has 106 valence electrons. The van der Waals surface area contributed by atoms with E-state index in [-0.39, 0.29) is 5.54 Å². The summed E-state index contributed by atoms with van der Waals surface area (Å²) in [5, 5.41) is 2.44. The van der Waals surface area contributed by atoms with E-state index in [2.05, 4.69) is 24.3 Å². The molecule has 3 N–H and O–H groups in total. The van der Waals surface area contributed by atoms with Crippen molar-refractivity contribution in [1.82, 2.24) is 10.4 Å². The minimum absolute atomic E-state index is 0.172. The summed E-state index contributed by atoms with van der Waals surface area (Å²) in [6, 6.07) is 0. The lowest BCUT2D eigenvalue weighted by atomic mass is 9.83. The largest absolute Gasteiger partial charge is 0.329 e.